The van der Waals surface area contributed by atoms with Gasteiger partial charge in [0.1, 0.15) is 40.2 Å². The van der Waals surface area contributed by atoms with Gasteiger partial charge >= 0.3 is 0 Å². The van der Waals surface area contributed by atoms with Gasteiger partial charge in [0, 0.05) is 57.9 Å². The standard InChI is InChI=1S/C56H53FN4O2/c1-54(2,3)39-28-38(29-40(30-39)55(4,5)6)51-52(36-18-12-10-13-19-36)59-61(53(51)37-20-14-11-15-21-37)42-31-41(57)32-45(33-42)62-43-24-25-47-46-22-16-17-23-48(46)60(49(47)34-43)50-35-44(26-27-58-50)63-56(7,8)9/h10-35H,1-9H3. The minimum absolute atomic E-state index is 0.112. The van der Waals surface area contributed by atoms with Crippen molar-refractivity contribution in [2.45, 2.75) is 78.7 Å². The molecule has 0 fully saturated rings. The average Bonchev–Trinajstić information content (AvgIpc) is 3.80. The number of nitrogens with zero attached hydrogens (tertiary/aromatic N) is 4. The molecule has 3 heterocycles. The molecule has 0 N–H and O–H groups in total. The van der Waals surface area contributed by atoms with Gasteiger partial charge in [-0.25, -0.2) is 14.1 Å². The van der Waals surface area contributed by atoms with Crippen molar-refractivity contribution in [3.63, 3.8) is 0 Å². The van der Waals surface area contributed by atoms with Crippen LogP contribution in [-0.2, 0) is 10.8 Å². The van der Waals surface area contributed by atoms with Crippen molar-refractivity contribution in [3.8, 4) is 62.4 Å². The number of benzene rings is 6. The summed E-state index contributed by atoms with van der Waals surface area (Å²) in [4.78, 5) is 4.78. The Morgan fingerprint density at radius 1 is 0.524 bits per heavy atom. The minimum Gasteiger partial charge on any atom is -0.488 e. The van der Waals surface area contributed by atoms with Crippen LogP contribution in [0.1, 0.15) is 73.4 Å². The molecule has 0 atom stereocenters. The molecule has 0 spiro atoms. The molecule has 0 bridgehead atoms. The SMILES string of the molecule is CC(C)(C)Oc1ccnc(-n2c3ccccc3c3ccc(Oc4cc(F)cc(-n5nc(-c6ccccc6)c(-c6cc(C(C)(C)C)cc(C(C)(C)C)c6)c5-c5ccccc5)c4)cc32)c1. The smallest absolute Gasteiger partial charge is 0.141 e. The minimum atomic E-state index is -0.445. The topological polar surface area (TPSA) is 54.1 Å². The van der Waals surface area contributed by atoms with Crippen LogP contribution >= 0.6 is 0 Å². The predicted octanol–water partition coefficient (Wildman–Crippen LogP) is 15.1. The average molecular weight is 833 g/mol. The second-order valence-electron chi connectivity index (χ2n) is 19.4. The van der Waals surface area contributed by atoms with Crippen LogP contribution in [-0.4, -0.2) is 24.9 Å². The van der Waals surface area contributed by atoms with Crippen molar-refractivity contribution in [2.24, 2.45) is 0 Å². The van der Waals surface area contributed by atoms with E-state index in [0.29, 0.717) is 23.0 Å². The van der Waals surface area contributed by atoms with E-state index in [9.17, 15) is 0 Å². The second kappa shape index (κ2) is 15.7. The molecule has 0 radical (unpaired) electrons. The van der Waals surface area contributed by atoms with E-state index >= 15 is 4.39 Å². The predicted molar refractivity (Wildman–Crippen MR) is 256 cm³/mol. The Kier molecular flexibility index (Phi) is 10.3. The van der Waals surface area contributed by atoms with E-state index in [4.69, 9.17) is 19.6 Å². The van der Waals surface area contributed by atoms with Gasteiger partial charge in [0.05, 0.1) is 22.4 Å². The molecule has 0 aliphatic carbocycles. The molecule has 3 aromatic heterocycles. The fourth-order valence-electron chi connectivity index (χ4n) is 8.24. The summed E-state index contributed by atoms with van der Waals surface area (Å²) in [6.07, 6.45) is 1.77. The maximum absolute atomic E-state index is 16.2. The number of halogens is 1. The molecule has 6 nitrogen and oxygen atoms in total. The number of hydrogen-bond donors (Lipinski definition) is 0. The van der Waals surface area contributed by atoms with E-state index in [-0.39, 0.29) is 16.4 Å². The summed E-state index contributed by atoms with van der Waals surface area (Å²) < 4.78 is 33.0. The Morgan fingerprint density at radius 3 is 1.83 bits per heavy atom. The van der Waals surface area contributed by atoms with Crippen molar-refractivity contribution in [1.29, 1.82) is 0 Å². The number of rotatable bonds is 8. The number of fused-ring (bicyclic) bond motifs is 3. The second-order valence-corrected chi connectivity index (χ2v) is 19.4. The molecule has 63 heavy (non-hydrogen) atoms. The van der Waals surface area contributed by atoms with Crippen LogP contribution in [0.2, 0.25) is 0 Å². The van der Waals surface area contributed by atoms with Gasteiger partial charge in [0.25, 0.3) is 0 Å². The third-order valence-corrected chi connectivity index (χ3v) is 11.3. The van der Waals surface area contributed by atoms with Crippen LogP contribution < -0.4 is 9.47 Å². The fraction of sp³-hybridized carbons (Fsp3) is 0.214. The first-order chi connectivity index (χ1) is 30.0. The number of hydrogen-bond acceptors (Lipinski definition) is 4. The molecule has 6 aromatic carbocycles. The van der Waals surface area contributed by atoms with Gasteiger partial charge in [-0.2, -0.15) is 5.10 Å². The molecule has 0 aliphatic rings. The summed E-state index contributed by atoms with van der Waals surface area (Å²) in [5.41, 5.74) is 9.89. The number of aromatic nitrogens is 4. The summed E-state index contributed by atoms with van der Waals surface area (Å²) in [6.45, 7) is 19.6. The van der Waals surface area contributed by atoms with Crippen LogP contribution in [0, 0.1) is 5.82 Å². The molecule has 0 amide bonds. The summed E-state index contributed by atoms with van der Waals surface area (Å²) in [7, 11) is 0. The van der Waals surface area contributed by atoms with Crippen molar-refractivity contribution in [2.75, 3.05) is 0 Å². The monoisotopic (exact) mass is 832 g/mol. The summed E-state index contributed by atoms with van der Waals surface area (Å²) in [5.74, 6) is 1.88. The largest absolute Gasteiger partial charge is 0.488 e. The Bertz CT molecular complexity index is 3090. The third kappa shape index (κ3) is 8.36. The lowest BCUT2D eigenvalue weighted by Gasteiger charge is -2.26. The van der Waals surface area contributed by atoms with Gasteiger partial charge in [-0.05, 0) is 78.6 Å². The molecule has 0 saturated heterocycles. The van der Waals surface area contributed by atoms with Gasteiger partial charge in [-0.3, -0.25) is 4.57 Å². The quantitative estimate of drug-likeness (QED) is 0.153. The molecule has 0 saturated carbocycles. The summed E-state index contributed by atoms with van der Waals surface area (Å²) in [5, 5.41) is 7.51. The highest BCUT2D eigenvalue weighted by Crippen LogP contribution is 2.45. The zero-order valence-corrected chi connectivity index (χ0v) is 37.5. The van der Waals surface area contributed by atoms with Gasteiger partial charge in [-0.1, -0.05) is 139 Å². The molecular formula is C56H53FN4O2. The maximum Gasteiger partial charge on any atom is 0.141 e. The lowest BCUT2D eigenvalue weighted by Crippen LogP contribution is -2.23. The van der Waals surface area contributed by atoms with Gasteiger partial charge < -0.3 is 9.47 Å². The summed E-state index contributed by atoms with van der Waals surface area (Å²) >= 11 is 0. The van der Waals surface area contributed by atoms with Crippen LogP contribution in [0.5, 0.6) is 17.2 Å². The molecular weight excluding hydrogens is 780 g/mol. The van der Waals surface area contributed by atoms with Crippen LogP contribution in [0.3, 0.4) is 0 Å². The van der Waals surface area contributed by atoms with E-state index < -0.39 is 5.82 Å². The van der Waals surface area contributed by atoms with Crippen LogP contribution in [0.25, 0.3) is 67.0 Å². The maximum atomic E-state index is 16.2. The number of para-hydroxylation sites is 1. The Labute approximate surface area is 369 Å². The fourth-order valence-corrected chi connectivity index (χ4v) is 8.24. The van der Waals surface area contributed by atoms with E-state index in [1.807, 2.05) is 104 Å². The van der Waals surface area contributed by atoms with Crippen LogP contribution in [0.15, 0.2) is 158 Å². The first-order valence-electron chi connectivity index (χ1n) is 21.6. The van der Waals surface area contributed by atoms with E-state index in [1.54, 1.807) is 6.20 Å². The third-order valence-electron chi connectivity index (χ3n) is 11.3. The van der Waals surface area contributed by atoms with Gasteiger partial charge in [-0.15, -0.1) is 0 Å². The first-order valence-corrected chi connectivity index (χ1v) is 21.6. The molecule has 9 aromatic rings. The Morgan fingerprint density at radius 2 is 1.16 bits per heavy atom. The number of ether oxygens (including phenoxy) is 2. The first kappa shape index (κ1) is 41.4. The summed E-state index contributed by atoms with van der Waals surface area (Å²) in [6, 6.07) is 50.3. The molecule has 316 valence electrons. The Balaban J connectivity index is 1.22. The van der Waals surface area contributed by atoms with E-state index in [1.165, 1.54) is 23.3 Å². The Hall–Kier alpha value is -6.99. The normalized spacial score (nSPS) is 12.3. The van der Waals surface area contributed by atoms with Crippen molar-refractivity contribution >= 4 is 21.8 Å². The van der Waals surface area contributed by atoms with E-state index in [0.717, 1.165) is 61.2 Å². The van der Waals surface area contributed by atoms with Crippen molar-refractivity contribution in [3.05, 3.63) is 175 Å². The highest BCUT2D eigenvalue weighted by atomic mass is 19.1. The highest BCUT2D eigenvalue weighted by Gasteiger charge is 2.28. The molecule has 7 heteroatoms. The lowest BCUT2D eigenvalue weighted by atomic mass is 9.78. The van der Waals surface area contributed by atoms with Crippen LogP contribution in [0.4, 0.5) is 4.39 Å². The van der Waals surface area contributed by atoms with Gasteiger partial charge in [0.2, 0.25) is 0 Å². The van der Waals surface area contributed by atoms with E-state index in [2.05, 4.69) is 107 Å². The zero-order chi connectivity index (χ0) is 44.3. The number of pyridine rings is 1. The van der Waals surface area contributed by atoms with Crippen molar-refractivity contribution in [1.82, 2.24) is 19.3 Å². The van der Waals surface area contributed by atoms with Gasteiger partial charge in [0.15, 0.2) is 0 Å². The molecule has 0 aliphatic heterocycles. The molecule has 0 unspecified atom stereocenters. The zero-order valence-electron chi connectivity index (χ0n) is 37.5. The lowest BCUT2D eigenvalue weighted by molar-refractivity contribution is 0.131. The van der Waals surface area contributed by atoms with Crippen molar-refractivity contribution < 1.29 is 13.9 Å². The molecule has 9 rings (SSSR count). The highest BCUT2D eigenvalue weighted by molar-refractivity contribution is 6.09.